The van der Waals surface area contributed by atoms with Crippen LogP contribution in [0.5, 0.6) is 5.75 Å². The maximum Gasteiger partial charge on any atom is 0.409 e. The van der Waals surface area contributed by atoms with E-state index in [0.29, 0.717) is 24.8 Å². The molecule has 0 unspecified atom stereocenters. The van der Waals surface area contributed by atoms with Crippen LogP contribution < -0.4 is 4.74 Å². The normalized spacial score (nSPS) is 20.9. The van der Waals surface area contributed by atoms with Crippen molar-refractivity contribution < 1.29 is 27.8 Å². The predicted octanol–water partition coefficient (Wildman–Crippen LogP) is 3.78. The largest absolute Gasteiger partial charge is 0.490 e. The number of halogens is 3. The molecule has 0 saturated carbocycles. The molecule has 1 N–H and O–H groups in total. The van der Waals surface area contributed by atoms with Gasteiger partial charge in [-0.2, -0.15) is 13.2 Å². The fraction of sp³-hybridized carbons (Fsp3) is 0.450. The molecule has 1 fully saturated rings. The number of allylic oxidation sites excluding steroid dienone is 1. The standard InChI is InChI=1S/C20H22F3NO3/c1-13-7-15-9-18(27-6-2-5-20(21,22)23)4-3-14(15)8-16(13)10-24-11-17(12-24)19(25)26/h2-5,8-9,13,17H,6-7,10-12H2,1H3,(H,25,26)/b5-2+/t13-/m1/s1. The van der Waals surface area contributed by atoms with E-state index in [9.17, 15) is 18.0 Å². The van der Waals surface area contributed by atoms with Gasteiger partial charge in [0.15, 0.2) is 0 Å². The van der Waals surface area contributed by atoms with Gasteiger partial charge in [0.2, 0.25) is 0 Å². The molecule has 1 aromatic rings. The first-order valence-corrected chi connectivity index (χ1v) is 8.87. The highest BCUT2D eigenvalue weighted by atomic mass is 19.4. The molecule has 1 aliphatic heterocycles. The number of nitrogens with zero attached hydrogens (tertiary/aromatic N) is 1. The molecule has 0 aromatic heterocycles. The van der Waals surface area contributed by atoms with Gasteiger partial charge in [-0.05, 0) is 41.7 Å². The van der Waals surface area contributed by atoms with Gasteiger partial charge in [-0.1, -0.05) is 24.6 Å². The lowest BCUT2D eigenvalue weighted by molar-refractivity contribution is -0.147. The van der Waals surface area contributed by atoms with Crippen LogP contribution in [-0.2, 0) is 11.2 Å². The molecule has 7 heteroatoms. The number of carboxylic acid groups (broad SMARTS) is 1. The third-order valence-corrected chi connectivity index (χ3v) is 4.98. The van der Waals surface area contributed by atoms with Crippen LogP contribution in [0.25, 0.3) is 6.08 Å². The molecule has 0 amide bonds. The molecule has 3 rings (SSSR count). The monoisotopic (exact) mass is 381 g/mol. The van der Waals surface area contributed by atoms with E-state index in [0.717, 1.165) is 30.2 Å². The summed E-state index contributed by atoms with van der Waals surface area (Å²) in [4.78, 5) is 13.0. The van der Waals surface area contributed by atoms with Gasteiger partial charge >= 0.3 is 12.1 Å². The van der Waals surface area contributed by atoms with Crippen molar-refractivity contribution in [3.63, 3.8) is 0 Å². The number of ether oxygens (including phenoxy) is 1. The molecule has 4 nitrogen and oxygen atoms in total. The molecule has 0 radical (unpaired) electrons. The van der Waals surface area contributed by atoms with Crippen molar-refractivity contribution in [2.45, 2.75) is 19.5 Å². The lowest BCUT2D eigenvalue weighted by Crippen LogP contribution is -2.51. The van der Waals surface area contributed by atoms with E-state index in [1.54, 1.807) is 6.07 Å². The first-order chi connectivity index (χ1) is 12.7. The van der Waals surface area contributed by atoms with Crippen LogP contribution in [0.15, 0.2) is 35.9 Å². The van der Waals surface area contributed by atoms with Gasteiger partial charge < -0.3 is 9.84 Å². The summed E-state index contributed by atoms with van der Waals surface area (Å²) in [6.07, 6.45) is -0.237. The molecule has 1 saturated heterocycles. The van der Waals surface area contributed by atoms with Crippen molar-refractivity contribution in [1.82, 2.24) is 4.90 Å². The summed E-state index contributed by atoms with van der Waals surface area (Å²) in [6, 6.07) is 5.55. The Kier molecular flexibility index (Phi) is 5.60. The van der Waals surface area contributed by atoms with Crippen LogP contribution >= 0.6 is 0 Å². The van der Waals surface area contributed by atoms with Gasteiger partial charge in [0, 0.05) is 25.7 Å². The molecule has 1 atom stereocenters. The first kappa shape index (κ1) is 19.5. The Hall–Kier alpha value is -2.28. The maximum absolute atomic E-state index is 12.1. The number of alkyl halides is 3. The van der Waals surface area contributed by atoms with E-state index in [1.165, 1.54) is 5.57 Å². The quantitative estimate of drug-likeness (QED) is 0.762. The van der Waals surface area contributed by atoms with E-state index in [4.69, 9.17) is 9.84 Å². The van der Waals surface area contributed by atoms with Crippen LogP contribution in [0.3, 0.4) is 0 Å². The highest BCUT2D eigenvalue weighted by molar-refractivity contribution is 5.71. The summed E-state index contributed by atoms with van der Waals surface area (Å²) in [7, 11) is 0. The Labute approximate surface area is 155 Å². The van der Waals surface area contributed by atoms with Crippen LogP contribution in [0.4, 0.5) is 13.2 Å². The molecule has 146 valence electrons. The van der Waals surface area contributed by atoms with Crippen LogP contribution in [-0.4, -0.2) is 48.4 Å². The fourth-order valence-electron chi connectivity index (χ4n) is 3.43. The zero-order chi connectivity index (χ0) is 19.6. The zero-order valence-corrected chi connectivity index (χ0v) is 15.0. The summed E-state index contributed by atoms with van der Waals surface area (Å²) in [6.45, 7) is 3.94. The Morgan fingerprint density at radius 3 is 2.78 bits per heavy atom. The molecule has 1 aliphatic carbocycles. The Morgan fingerprint density at radius 2 is 2.11 bits per heavy atom. The van der Waals surface area contributed by atoms with Gasteiger partial charge in [-0.15, -0.1) is 0 Å². The van der Waals surface area contributed by atoms with Crippen molar-refractivity contribution >= 4 is 12.0 Å². The summed E-state index contributed by atoms with van der Waals surface area (Å²) in [5, 5.41) is 8.97. The Morgan fingerprint density at radius 1 is 1.37 bits per heavy atom. The average Bonchev–Trinajstić information content (AvgIpc) is 2.53. The fourth-order valence-corrected chi connectivity index (χ4v) is 3.43. The van der Waals surface area contributed by atoms with Crippen LogP contribution in [0.1, 0.15) is 18.1 Å². The number of hydrogen-bond donors (Lipinski definition) is 1. The number of benzene rings is 1. The van der Waals surface area contributed by atoms with Gasteiger partial charge in [-0.25, -0.2) is 0 Å². The topological polar surface area (TPSA) is 49.8 Å². The number of carboxylic acids is 1. The van der Waals surface area contributed by atoms with Crippen molar-refractivity contribution in [3.05, 3.63) is 47.1 Å². The van der Waals surface area contributed by atoms with E-state index < -0.39 is 12.1 Å². The number of rotatable bonds is 6. The molecule has 0 spiro atoms. The third kappa shape index (κ3) is 5.13. The molecule has 1 heterocycles. The second kappa shape index (κ2) is 7.76. The molecule has 2 aliphatic rings. The van der Waals surface area contributed by atoms with E-state index in [2.05, 4.69) is 17.9 Å². The highest BCUT2D eigenvalue weighted by Gasteiger charge is 2.33. The summed E-state index contributed by atoms with van der Waals surface area (Å²) in [5.74, 6) is -0.124. The molecule has 27 heavy (non-hydrogen) atoms. The van der Waals surface area contributed by atoms with Crippen LogP contribution in [0, 0.1) is 11.8 Å². The number of hydrogen-bond acceptors (Lipinski definition) is 3. The maximum atomic E-state index is 12.1. The molecule has 1 aromatic carbocycles. The van der Waals surface area contributed by atoms with Gasteiger partial charge in [-0.3, -0.25) is 9.69 Å². The van der Waals surface area contributed by atoms with E-state index in [1.807, 2.05) is 12.1 Å². The van der Waals surface area contributed by atoms with E-state index in [-0.39, 0.29) is 18.6 Å². The van der Waals surface area contributed by atoms with Gasteiger partial charge in [0.1, 0.15) is 12.4 Å². The Bertz CT molecular complexity index is 764. The SMILES string of the molecule is C[C@@H]1Cc2cc(OC/C=C/C(F)(F)F)ccc2C=C1CN1CC(C(=O)O)C1. The minimum Gasteiger partial charge on any atom is -0.490 e. The Balaban J connectivity index is 1.60. The minimum absolute atomic E-state index is 0.130. The number of fused-ring (bicyclic) bond motifs is 1. The van der Waals surface area contributed by atoms with Crippen molar-refractivity contribution in [1.29, 1.82) is 0 Å². The minimum atomic E-state index is -4.32. The highest BCUT2D eigenvalue weighted by Crippen LogP contribution is 2.32. The number of likely N-dealkylation sites (tertiary alicyclic amines) is 1. The number of aliphatic carboxylic acids is 1. The van der Waals surface area contributed by atoms with Crippen molar-refractivity contribution in [2.24, 2.45) is 11.8 Å². The van der Waals surface area contributed by atoms with Gasteiger partial charge in [0.25, 0.3) is 0 Å². The first-order valence-electron chi connectivity index (χ1n) is 8.87. The average molecular weight is 381 g/mol. The summed E-state index contributed by atoms with van der Waals surface area (Å²) >= 11 is 0. The second-order valence-corrected chi connectivity index (χ2v) is 7.17. The molecule has 0 bridgehead atoms. The lowest BCUT2D eigenvalue weighted by Gasteiger charge is -2.38. The summed E-state index contributed by atoms with van der Waals surface area (Å²) in [5.41, 5.74) is 3.46. The van der Waals surface area contributed by atoms with Crippen molar-refractivity contribution in [3.8, 4) is 5.75 Å². The van der Waals surface area contributed by atoms with Crippen LogP contribution in [0.2, 0.25) is 0 Å². The smallest absolute Gasteiger partial charge is 0.409 e. The molecular formula is C20H22F3NO3. The molecular weight excluding hydrogens is 359 g/mol. The number of carbonyl (C=O) groups is 1. The van der Waals surface area contributed by atoms with Crippen molar-refractivity contribution in [2.75, 3.05) is 26.2 Å². The zero-order valence-electron chi connectivity index (χ0n) is 15.0. The second-order valence-electron chi connectivity index (χ2n) is 7.17. The summed E-state index contributed by atoms with van der Waals surface area (Å²) < 4.78 is 41.6. The lowest BCUT2D eigenvalue weighted by atomic mass is 9.83. The predicted molar refractivity (Wildman–Crippen MR) is 95.5 cm³/mol. The third-order valence-electron chi connectivity index (χ3n) is 4.98. The van der Waals surface area contributed by atoms with E-state index >= 15 is 0 Å². The van der Waals surface area contributed by atoms with Gasteiger partial charge in [0.05, 0.1) is 5.92 Å².